The van der Waals surface area contributed by atoms with Crippen molar-refractivity contribution in [3.8, 4) is 51.6 Å². The first-order valence-electron chi connectivity index (χ1n) is 14.0. The number of hydrogen-bond acceptors (Lipinski definition) is 5. The normalized spacial score (nSPS) is 11.1. The molecule has 0 radical (unpaired) electrons. The van der Waals surface area contributed by atoms with Crippen molar-refractivity contribution in [2.75, 3.05) is 0 Å². The Morgan fingerprint density at radius 2 is 0.864 bits per heavy atom. The second-order valence-electron chi connectivity index (χ2n) is 10.6. The first kappa shape index (κ1) is 25.9. The van der Waals surface area contributed by atoms with Crippen LogP contribution in [0, 0.1) is 34.0 Å². The van der Waals surface area contributed by atoms with Crippen molar-refractivity contribution in [1.29, 1.82) is 15.8 Å². The summed E-state index contributed by atoms with van der Waals surface area (Å²) in [4.78, 5) is 0. The van der Waals surface area contributed by atoms with Crippen molar-refractivity contribution in [2.24, 2.45) is 0 Å². The molecule has 0 amide bonds. The fraction of sp³-hybridized carbons (Fsp3) is 0. The molecule has 2 aromatic heterocycles. The van der Waals surface area contributed by atoms with E-state index in [2.05, 4.69) is 103 Å². The molecule has 2 heterocycles. The lowest BCUT2D eigenvalue weighted by molar-refractivity contribution is 1.43. The lowest BCUT2D eigenvalue weighted by atomic mass is 9.83. The highest BCUT2D eigenvalue weighted by atomic mass is 32.1. The molecule has 6 aromatic carbocycles. The maximum Gasteiger partial charge on any atom is 0.100 e. The van der Waals surface area contributed by atoms with E-state index in [0.29, 0.717) is 22.3 Å². The molecule has 0 aliphatic heterocycles. The van der Waals surface area contributed by atoms with E-state index in [9.17, 15) is 15.8 Å². The van der Waals surface area contributed by atoms with Crippen molar-refractivity contribution in [2.45, 2.75) is 0 Å². The molecule has 0 saturated carbocycles. The minimum atomic E-state index is 0.441. The number of benzene rings is 6. The molecule has 3 nitrogen and oxygen atoms in total. The largest absolute Gasteiger partial charge is 0.192 e. The van der Waals surface area contributed by atoms with Gasteiger partial charge in [0, 0.05) is 57.0 Å². The van der Waals surface area contributed by atoms with Gasteiger partial charge in [-0.3, -0.25) is 0 Å². The Hall–Kier alpha value is -5.77. The van der Waals surface area contributed by atoms with Crippen LogP contribution >= 0.6 is 22.7 Å². The zero-order valence-corrected chi connectivity index (χ0v) is 24.8. The molecule has 0 bridgehead atoms. The van der Waals surface area contributed by atoms with Crippen LogP contribution in [0.4, 0.5) is 0 Å². The standard InChI is InChI=1S/C39H19N3S2/c40-20-23-9-11-24(12-10-23)39-33(21-41)29(25-13-15-37-31(17-25)27-5-1-3-7-35(27)43-37)19-30(34(39)22-42)26-14-16-38-32(18-26)28-6-2-4-8-36(28)44-38/h1-19H. The summed E-state index contributed by atoms with van der Waals surface area (Å²) >= 11 is 3.51. The molecule has 0 spiro atoms. The first-order valence-corrected chi connectivity index (χ1v) is 15.6. The van der Waals surface area contributed by atoms with Gasteiger partial charge in [-0.05, 0) is 71.3 Å². The molecule has 0 aliphatic carbocycles. The highest BCUT2D eigenvalue weighted by Gasteiger charge is 2.23. The Labute approximate surface area is 261 Å². The maximum absolute atomic E-state index is 10.7. The minimum Gasteiger partial charge on any atom is -0.192 e. The minimum absolute atomic E-state index is 0.441. The highest BCUT2D eigenvalue weighted by Crippen LogP contribution is 2.44. The lowest BCUT2D eigenvalue weighted by Crippen LogP contribution is -1.98. The second kappa shape index (κ2) is 10.2. The molecule has 0 aliphatic rings. The fourth-order valence-electron chi connectivity index (χ4n) is 6.16. The Balaban J connectivity index is 1.46. The van der Waals surface area contributed by atoms with E-state index < -0.39 is 0 Å². The van der Waals surface area contributed by atoms with E-state index in [1.807, 2.05) is 18.2 Å². The van der Waals surface area contributed by atoms with Crippen LogP contribution in [-0.4, -0.2) is 0 Å². The third kappa shape index (κ3) is 3.98. The lowest BCUT2D eigenvalue weighted by Gasteiger charge is -2.17. The molecule has 0 N–H and O–H groups in total. The van der Waals surface area contributed by atoms with Gasteiger partial charge in [0.25, 0.3) is 0 Å². The van der Waals surface area contributed by atoms with Crippen molar-refractivity contribution in [3.63, 3.8) is 0 Å². The van der Waals surface area contributed by atoms with Crippen molar-refractivity contribution < 1.29 is 0 Å². The van der Waals surface area contributed by atoms with E-state index in [0.717, 1.165) is 38.6 Å². The molecular weight excluding hydrogens is 575 g/mol. The van der Waals surface area contributed by atoms with Crippen LogP contribution in [0.3, 0.4) is 0 Å². The summed E-state index contributed by atoms with van der Waals surface area (Å²) in [6.45, 7) is 0. The van der Waals surface area contributed by atoms with Crippen LogP contribution in [0.1, 0.15) is 16.7 Å². The van der Waals surface area contributed by atoms with Gasteiger partial charge in [0.2, 0.25) is 0 Å². The number of hydrogen-bond donors (Lipinski definition) is 0. The number of nitrogens with zero attached hydrogens (tertiary/aromatic N) is 3. The molecule has 8 aromatic rings. The summed E-state index contributed by atoms with van der Waals surface area (Å²) in [5.41, 5.74) is 6.09. The maximum atomic E-state index is 10.7. The molecule has 0 unspecified atom stereocenters. The molecule has 0 atom stereocenters. The molecule has 0 saturated heterocycles. The van der Waals surface area contributed by atoms with Gasteiger partial charge in [-0.1, -0.05) is 60.7 Å². The van der Waals surface area contributed by atoms with Crippen LogP contribution in [0.2, 0.25) is 0 Å². The van der Waals surface area contributed by atoms with E-state index in [1.54, 1.807) is 34.8 Å². The Bertz CT molecular complexity index is 2430. The van der Waals surface area contributed by atoms with E-state index >= 15 is 0 Å². The van der Waals surface area contributed by atoms with Gasteiger partial charge in [0.1, 0.15) is 12.1 Å². The van der Waals surface area contributed by atoms with E-state index in [4.69, 9.17) is 0 Å². The predicted octanol–water partition coefficient (Wildman–Crippen LogP) is 11.0. The zero-order chi connectivity index (χ0) is 29.8. The van der Waals surface area contributed by atoms with Gasteiger partial charge in [0.05, 0.1) is 22.8 Å². The Morgan fingerprint density at radius 3 is 1.34 bits per heavy atom. The Kier molecular flexibility index (Phi) is 6.00. The summed E-state index contributed by atoms with van der Waals surface area (Å²) < 4.78 is 4.80. The van der Waals surface area contributed by atoms with Crippen LogP contribution in [-0.2, 0) is 0 Å². The van der Waals surface area contributed by atoms with Crippen molar-refractivity contribution in [3.05, 3.63) is 132 Å². The molecule has 8 rings (SSSR count). The van der Waals surface area contributed by atoms with E-state index in [-0.39, 0.29) is 0 Å². The second-order valence-corrected chi connectivity index (χ2v) is 12.8. The van der Waals surface area contributed by atoms with Gasteiger partial charge in [-0.2, -0.15) is 15.8 Å². The quantitative estimate of drug-likeness (QED) is 0.205. The van der Waals surface area contributed by atoms with Crippen molar-refractivity contribution in [1.82, 2.24) is 0 Å². The SMILES string of the molecule is N#Cc1ccc(-c2c(C#N)c(-c3ccc4sc5ccccc5c4c3)cc(-c3ccc4sc5ccccc5c4c3)c2C#N)cc1. The molecule has 5 heteroatoms. The molecular formula is C39H19N3S2. The summed E-state index contributed by atoms with van der Waals surface area (Å²) in [6, 6.07) is 45.7. The van der Waals surface area contributed by atoms with Crippen molar-refractivity contribution >= 4 is 63.0 Å². The summed E-state index contributed by atoms with van der Waals surface area (Å²) in [7, 11) is 0. The highest BCUT2D eigenvalue weighted by molar-refractivity contribution is 7.26. The van der Waals surface area contributed by atoms with Crippen LogP contribution < -0.4 is 0 Å². The fourth-order valence-corrected chi connectivity index (χ4v) is 8.33. The van der Waals surface area contributed by atoms with Gasteiger partial charge < -0.3 is 0 Å². The van der Waals surface area contributed by atoms with Crippen LogP contribution in [0.5, 0.6) is 0 Å². The third-order valence-corrected chi connectivity index (χ3v) is 10.5. The van der Waals surface area contributed by atoms with Crippen LogP contribution in [0.15, 0.2) is 115 Å². The summed E-state index contributed by atoms with van der Waals surface area (Å²) in [5, 5.41) is 35.4. The van der Waals surface area contributed by atoms with E-state index in [1.165, 1.54) is 29.6 Å². The third-order valence-electron chi connectivity index (χ3n) is 8.23. The van der Waals surface area contributed by atoms with Crippen LogP contribution in [0.25, 0.3) is 73.7 Å². The predicted molar refractivity (Wildman–Crippen MR) is 183 cm³/mol. The van der Waals surface area contributed by atoms with Gasteiger partial charge in [0.15, 0.2) is 0 Å². The first-order chi connectivity index (χ1) is 21.7. The zero-order valence-electron chi connectivity index (χ0n) is 23.1. The smallest absolute Gasteiger partial charge is 0.100 e. The topological polar surface area (TPSA) is 71.4 Å². The monoisotopic (exact) mass is 593 g/mol. The summed E-state index contributed by atoms with van der Waals surface area (Å²) in [5.74, 6) is 0. The number of fused-ring (bicyclic) bond motifs is 6. The number of thiophene rings is 2. The molecule has 44 heavy (non-hydrogen) atoms. The number of rotatable bonds is 3. The molecule has 0 fully saturated rings. The average Bonchev–Trinajstić information content (AvgIpc) is 3.65. The Morgan fingerprint density at radius 1 is 0.409 bits per heavy atom. The average molecular weight is 594 g/mol. The van der Waals surface area contributed by atoms with Gasteiger partial charge >= 0.3 is 0 Å². The van der Waals surface area contributed by atoms with Gasteiger partial charge in [-0.15, -0.1) is 22.7 Å². The summed E-state index contributed by atoms with van der Waals surface area (Å²) in [6.07, 6.45) is 0. The molecule has 202 valence electrons. The number of nitriles is 3. The van der Waals surface area contributed by atoms with Gasteiger partial charge in [-0.25, -0.2) is 0 Å².